The number of hydrogen-bond donors (Lipinski definition) is 0. The van der Waals surface area contributed by atoms with Gasteiger partial charge in [0, 0.05) is 30.9 Å². The lowest BCUT2D eigenvalue weighted by atomic mass is 10.0. The van der Waals surface area contributed by atoms with Crippen LogP contribution >= 0.6 is 0 Å². The fraction of sp³-hybridized carbons (Fsp3) is 0.300. The lowest BCUT2D eigenvalue weighted by molar-refractivity contribution is -0.137. The van der Waals surface area contributed by atoms with Crippen molar-refractivity contribution in [2.45, 2.75) is 25.1 Å². The van der Waals surface area contributed by atoms with E-state index in [1.165, 1.54) is 23.4 Å². The molecule has 1 saturated heterocycles. The van der Waals surface area contributed by atoms with E-state index in [9.17, 15) is 22.8 Å². The van der Waals surface area contributed by atoms with Crippen molar-refractivity contribution < 1.29 is 18.0 Å². The molecule has 3 aromatic rings. The number of aromatic nitrogens is 3. The van der Waals surface area contributed by atoms with Gasteiger partial charge in [-0.05, 0) is 43.2 Å². The summed E-state index contributed by atoms with van der Waals surface area (Å²) in [7, 11) is 0. The second kappa shape index (κ2) is 7.31. The van der Waals surface area contributed by atoms with Gasteiger partial charge in [0.25, 0.3) is 11.5 Å². The summed E-state index contributed by atoms with van der Waals surface area (Å²) in [5.41, 5.74) is -0.647. The first-order valence-corrected chi connectivity index (χ1v) is 9.13. The van der Waals surface area contributed by atoms with Gasteiger partial charge in [-0.2, -0.15) is 13.2 Å². The van der Waals surface area contributed by atoms with E-state index in [2.05, 4.69) is 9.97 Å². The summed E-state index contributed by atoms with van der Waals surface area (Å²) < 4.78 is 40.2. The number of benzene rings is 1. The summed E-state index contributed by atoms with van der Waals surface area (Å²) in [6.45, 7) is 0.689. The third-order valence-corrected chi connectivity index (χ3v) is 5.14. The number of amides is 1. The highest BCUT2D eigenvalue weighted by Gasteiger charge is 2.32. The van der Waals surface area contributed by atoms with Gasteiger partial charge in [-0.3, -0.25) is 14.2 Å². The number of nitrogens with zero attached hydrogens (tertiary/aromatic N) is 4. The number of carbonyl (C=O) groups excluding carboxylic acids is 1. The van der Waals surface area contributed by atoms with Crippen LogP contribution in [0.1, 0.15) is 34.8 Å². The minimum Gasteiger partial charge on any atom is -0.338 e. The van der Waals surface area contributed by atoms with Crippen molar-refractivity contribution in [3.05, 3.63) is 70.4 Å². The number of hydrogen-bond acceptors (Lipinski definition) is 4. The zero-order valence-electron chi connectivity index (χ0n) is 15.3. The Kier molecular flexibility index (Phi) is 4.81. The fourth-order valence-electron chi connectivity index (χ4n) is 3.59. The van der Waals surface area contributed by atoms with Gasteiger partial charge in [0.1, 0.15) is 6.33 Å². The van der Waals surface area contributed by atoms with E-state index in [-0.39, 0.29) is 17.2 Å². The summed E-state index contributed by atoms with van der Waals surface area (Å²) in [5.74, 6) is -0.442. The molecule has 4 rings (SSSR count). The third-order valence-electron chi connectivity index (χ3n) is 5.14. The molecule has 6 nitrogen and oxygen atoms in total. The van der Waals surface area contributed by atoms with Crippen LogP contribution < -0.4 is 5.56 Å². The van der Waals surface area contributed by atoms with Crippen LogP contribution in [0.25, 0.3) is 11.0 Å². The fourth-order valence-corrected chi connectivity index (χ4v) is 3.59. The molecule has 0 aliphatic carbocycles. The van der Waals surface area contributed by atoms with E-state index in [0.29, 0.717) is 37.0 Å². The molecule has 0 unspecified atom stereocenters. The lowest BCUT2D eigenvalue weighted by Gasteiger charge is -2.33. The monoisotopic (exact) mass is 402 g/mol. The molecular formula is C20H17F3N4O2. The van der Waals surface area contributed by atoms with Crippen LogP contribution in [0.4, 0.5) is 13.2 Å². The Balaban J connectivity index is 1.49. The minimum atomic E-state index is -4.50. The topological polar surface area (TPSA) is 68.1 Å². The van der Waals surface area contributed by atoms with Crippen molar-refractivity contribution in [2.24, 2.45) is 0 Å². The first-order chi connectivity index (χ1) is 13.8. The smallest absolute Gasteiger partial charge is 0.338 e. The first kappa shape index (κ1) is 19.1. The van der Waals surface area contributed by atoms with Gasteiger partial charge in [0.15, 0.2) is 5.65 Å². The molecule has 9 heteroatoms. The standard InChI is InChI=1S/C20H17F3N4O2/c21-20(22,23)14-4-1-3-13(11-14)18(28)26-9-6-15(7-10-26)27-12-25-17-16(19(27)29)5-2-8-24-17/h1-5,8,11-12,15H,6-7,9-10H2. The normalized spacial score (nSPS) is 15.6. The van der Waals surface area contributed by atoms with Crippen LogP contribution in [0.15, 0.2) is 53.7 Å². The van der Waals surface area contributed by atoms with E-state index in [4.69, 9.17) is 0 Å². The highest BCUT2D eigenvalue weighted by atomic mass is 19.4. The second-order valence-corrected chi connectivity index (χ2v) is 6.93. The largest absolute Gasteiger partial charge is 0.416 e. The van der Waals surface area contributed by atoms with Crippen LogP contribution in [-0.4, -0.2) is 38.4 Å². The van der Waals surface area contributed by atoms with E-state index < -0.39 is 17.6 Å². The number of halogens is 3. The number of rotatable bonds is 2. The Morgan fingerprint density at radius 1 is 1.07 bits per heavy atom. The number of piperidine rings is 1. The van der Waals surface area contributed by atoms with Gasteiger partial charge >= 0.3 is 6.18 Å². The molecule has 0 N–H and O–H groups in total. The van der Waals surface area contributed by atoms with E-state index in [1.54, 1.807) is 22.9 Å². The lowest BCUT2D eigenvalue weighted by Crippen LogP contribution is -2.41. The van der Waals surface area contributed by atoms with Crippen molar-refractivity contribution in [3.8, 4) is 0 Å². The molecule has 1 aliphatic rings. The third kappa shape index (κ3) is 3.72. The maximum atomic E-state index is 12.9. The van der Waals surface area contributed by atoms with Crippen LogP contribution in [0.2, 0.25) is 0 Å². The molecule has 3 heterocycles. The summed E-state index contributed by atoms with van der Waals surface area (Å²) in [6, 6.07) is 7.64. The van der Waals surface area contributed by atoms with Crippen LogP contribution in [0.5, 0.6) is 0 Å². The maximum Gasteiger partial charge on any atom is 0.416 e. The highest BCUT2D eigenvalue weighted by Crippen LogP contribution is 2.30. The van der Waals surface area contributed by atoms with Gasteiger partial charge in [0.2, 0.25) is 0 Å². The van der Waals surface area contributed by atoms with Crippen LogP contribution in [0.3, 0.4) is 0 Å². The quantitative estimate of drug-likeness (QED) is 0.660. The molecule has 0 bridgehead atoms. The average molecular weight is 402 g/mol. The van der Waals surface area contributed by atoms with E-state index in [0.717, 1.165) is 12.1 Å². The summed E-state index contributed by atoms with van der Waals surface area (Å²) in [6.07, 6.45) is -0.442. The number of likely N-dealkylation sites (tertiary alicyclic amines) is 1. The zero-order valence-corrected chi connectivity index (χ0v) is 15.3. The predicted molar refractivity (Wildman–Crippen MR) is 99.4 cm³/mol. The van der Waals surface area contributed by atoms with Gasteiger partial charge in [0.05, 0.1) is 10.9 Å². The number of carbonyl (C=O) groups is 1. The van der Waals surface area contributed by atoms with Crippen LogP contribution in [-0.2, 0) is 6.18 Å². The molecule has 1 aromatic carbocycles. The molecule has 0 atom stereocenters. The Labute approximate surface area is 163 Å². The maximum absolute atomic E-state index is 12.9. The number of alkyl halides is 3. The van der Waals surface area contributed by atoms with Gasteiger partial charge < -0.3 is 4.90 Å². The molecule has 1 aliphatic heterocycles. The Hall–Kier alpha value is -3.23. The van der Waals surface area contributed by atoms with Crippen molar-refractivity contribution >= 4 is 16.9 Å². The highest BCUT2D eigenvalue weighted by molar-refractivity contribution is 5.94. The van der Waals surface area contributed by atoms with Gasteiger partial charge in [-0.25, -0.2) is 9.97 Å². The second-order valence-electron chi connectivity index (χ2n) is 6.93. The van der Waals surface area contributed by atoms with Crippen LogP contribution in [0, 0.1) is 0 Å². The van der Waals surface area contributed by atoms with E-state index >= 15 is 0 Å². The molecule has 1 fully saturated rings. The average Bonchev–Trinajstić information content (AvgIpc) is 2.73. The summed E-state index contributed by atoms with van der Waals surface area (Å²) in [5, 5.41) is 0.428. The number of fused-ring (bicyclic) bond motifs is 1. The molecule has 150 valence electrons. The molecule has 1 amide bonds. The Morgan fingerprint density at radius 3 is 2.55 bits per heavy atom. The molecule has 0 spiro atoms. The zero-order chi connectivity index (χ0) is 20.6. The number of pyridine rings is 1. The minimum absolute atomic E-state index is 0.00823. The van der Waals surface area contributed by atoms with Crippen molar-refractivity contribution in [3.63, 3.8) is 0 Å². The summed E-state index contributed by atoms with van der Waals surface area (Å²) in [4.78, 5) is 35.1. The van der Waals surface area contributed by atoms with Gasteiger partial charge in [-0.15, -0.1) is 0 Å². The van der Waals surface area contributed by atoms with Crippen molar-refractivity contribution in [1.82, 2.24) is 19.4 Å². The van der Waals surface area contributed by atoms with Gasteiger partial charge in [-0.1, -0.05) is 6.07 Å². The van der Waals surface area contributed by atoms with E-state index in [1.807, 2.05) is 0 Å². The Morgan fingerprint density at radius 2 is 1.83 bits per heavy atom. The first-order valence-electron chi connectivity index (χ1n) is 9.13. The molecular weight excluding hydrogens is 385 g/mol. The molecule has 0 saturated carbocycles. The molecule has 0 radical (unpaired) electrons. The Bertz CT molecular complexity index is 1120. The molecule has 29 heavy (non-hydrogen) atoms. The van der Waals surface area contributed by atoms with Crippen molar-refractivity contribution in [1.29, 1.82) is 0 Å². The predicted octanol–water partition coefficient (Wildman–Crippen LogP) is 3.29. The molecule has 2 aromatic heterocycles. The summed E-state index contributed by atoms with van der Waals surface area (Å²) >= 11 is 0. The van der Waals surface area contributed by atoms with Crippen molar-refractivity contribution in [2.75, 3.05) is 13.1 Å². The SMILES string of the molecule is O=C(c1cccc(C(F)(F)F)c1)N1CCC(n2cnc3ncccc3c2=O)CC1.